The molecule has 1 aromatic heterocycles. The zero-order chi connectivity index (χ0) is 24.0. The fourth-order valence-corrected chi connectivity index (χ4v) is 4.62. The number of imide groups is 1. The SMILES string of the molecule is CCCc1cc(CN(C)C(=O)C[C@]2(c3ccccc3Cl)CC(=O)N(CCCOC)C2=O)[nH]n1. The molecular formula is C24H31ClN4O4. The van der Waals surface area contributed by atoms with Crippen molar-refractivity contribution in [1.82, 2.24) is 20.0 Å². The van der Waals surface area contributed by atoms with Crippen LogP contribution in [0.25, 0.3) is 0 Å². The largest absolute Gasteiger partial charge is 0.385 e. The Bertz CT molecular complexity index is 1010. The number of ether oxygens (including phenoxy) is 1. The van der Waals surface area contributed by atoms with Crippen molar-refractivity contribution in [1.29, 1.82) is 0 Å². The zero-order valence-corrected chi connectivity index (χ0v) is 20.2. The van der Waals surface area contributed by atoms with Crippen molar-refractivity contribution < 1.29 is 19.1 Å². The molecule has 0 bridgehead atoms. The molecule has 3 amide bonds. The Labute approximate surface area is 199 Å². The summed E-state index contributed by atoms with van der Waals surface area (Å²) >= 11 is 6.47. The number of nitrogens with zero attached hydrogens (tertiary/aromatic N) is 3. The van der Waals surface area contributed by atoms with Gasteiger partial charge in [0.15, 0.2) is 0 Å². The number of hydrogen-bond donors (Lipinski definition) is 1. The summed E-state index contributed by atoms with van der Waals surface area (Å²) in [4.78, 5) is 42.5. The van der Waals surface area contributed by atoms with Crippen LogP contribution in [0.2, 0.25) is 5.02 Å². The van der Waals surface area contributed by atoms with Gasteiger partial charge in [-0.05, 0) is 30.5 Å². The second-order valence-electron chi connectivity index (χ2n) is 8.50. The van der Waals surface area contributed by atoms with Crippen molar-refractivity contribution in [3.05, 3.63) is 52.3 Å². The highest BCUT2D eigenvalue weighted by atomic mass is 35.5. The van der Waals surface area contributed by atoms with Gasteiger partial charge in [-0.25, -0.2) is 0 Å². The van der Waals surface area contributed by atoms with E-state index >= 15 is 0 Å². The summed E-state index contributed by atoms with van der Waals surface area (Å²) in [7, 11) is 3.25. The average Bonchev–Trinajstić information content (AvgIpc) is 3.31. The number of aromatic nitrogens is 2. The zero-order valence-electron chi connectivity index (χ0n) is 19.4. The molecule has 33 heavy (non-hydrogen) atoms. The number of likely N-dealkylation sites (tertiary alicyclic amines) is 1. The van der Waals surface area contributed by atoms with Gasteiger partial charge in [0.2, 0.25) is 17.7 Å². The number of H-pyrrole nitrogens is 1. The van der Waals surface area contributed by atoms with E-state index in [1.165, 1.54) is 4.90 Å². The number of hydrogen-bond acceptors (Lipinski definition) is 5. The van der Waals surface area contributed by atoms with Gasteiger partial charge in [-0.15, -0.1) is 0 Å². The number of benzene rings is 1. The normalized spacial score (nSPS) is 18.2. The minimum absolute atomic E-state index is 0.0904. The van der Waals surface area contributed by atoms with E-state index in [0.29, 0.717) is 30.2 Å². The molecule has 9 heteroatoms. The number of amides is 3. The molecule has 178 valence electrons. The van der Waals surface area contributed by atoms with Crippen LogP contribution in [0, 0.1) is 0 Å². The minimum atomic E-state index is -1.32. The van der Waals surface area contributed by atoms with Crippen molar-refractivity contribution in [2.45, 2.75) is 51.0 Å². The van der Waals surface area contributed by atoms with E-state index in [1.807, 2.05) is 6.07 Å². The number of aromatic amines is 1. The lowest BCUT2D eigenvalue weighted by molar-refractivity contribution is -0.142. The van der Waals surface area contributed by atoms with Crippen LogP contribution in [0.5, 0.6) is 0 Å². The molecule has 3 rings (SSSR count). The monoisotopic (exact) mass is 474 g/mol. The lowest BCUT2D eigenvalue weighted by Crippen LogP contribution is -2.43. The van der Waals surface area contributed by atoms with Crippen LogP contribution in [0.3, 0.4) is 0 Å². The molecular weight excluding hydrogens is 444 g/mol. The molecule has 1 fully saturated rings. The Morgan fingerprint density at radius 2 is 2.09 bits per heavy atom. The van der Waals surface area contributed by atoms with Crippen LogP contribution in [-0.2, 0) is 37.5 Å². The quantitative estimate of drug-likeness (QED) is 0.399. The Balaban J connectivity index is 1.84. The van der Waals surface area contributed by atoms with Crippen molar-refractivity contribution >= 4 is 29.3 Å². The van der Waals surface area contributed by atoms with Crippen molar-refractivity contribution in [2.24, 2.45) is 0 Å². The maximum absolute atomic E-state index is 13.6. The molecule has 8 nitrogen and oxygen atoms in total. The van der Waals surface area contributed by atoms with Crippen molar-refractivity contribution in [2.75, 3.05) is 27.3 Å². The molecule has 0 unspecified atom stereocenters. The first-order valence-corrected chi connectivity index (χ1v) is 11.6. The van der Waals surface area contributed by atoms with Crippen molar-refractivity contribution in [3.8, 4) is 0 Å². The highest BCUT2D eigenvalue weighted by molar-refractivity contribution is 6.32. The topological polar surface area (TPSA) is 95.6 Å². The molecule has 1 N–H and O–H groups in total. The number of methoxy groups -OCH3 is 1. The third-order valence-corrected chi connectivity index (χ3v) is 6.33. The fraction of sp³-hybridized carbons (Fsp3) is 0.500. The minimum Gasteiger partial charge on any atom is -0.385 e. The van der Waals surface area contributed by atoms with Gasteiger partial charge in [0.05, 0.1) is 23.3 Å². The maximum Gasteiger partial charge on any atom is 0.240 e. The second kappa shape index (κ2) is 10.9. The summed E-state index contributed by atoms with van der Waals surface area (Å²) in [6, 6.07) is 8.88. The van der Waals surface area contributed by atoms with E-state index in [9.17, 15) is 14.4 Å². The average molecular weight is 475 g/mol. The van der Waals surface area contributed by atoms with Crippen LogP contribution in [0.1, 0.15) is 49.6 Å². The van der Waals surface area contributed by atoms with Gasteiger partial charge < -0.3 is 9.64 Å². The Morgan fingerprint density at radius 1 is 1.33 bits per heavy atom. The standard InChI is InChI=1S/C24H31ClN4O4/c1-4-8-17-13-18(27-26-17)16-28(2)21(30)14-24(19-9-5-6-10-20(19)25)15-22(31)29(23(24)32)11-7-12-33-3/h5-6,9-10,13H,4,7-8,11-12,14-16H2,1-3H3,(H,26,27)/t24-/m1/s1. The molecule has 2 heterocycles. The van der Waals surface area contributed by atoms with E-state index in [4.69, 9.17) is 16.3 Å². The fourth-order valence-electron chi connectivity index (χ4n) is 4.30. The first-order chi connectivity index (χ1) is 15.8. The number of nitrogens with one attached hydrogen (secondary N) is 1. The molecule has 0 saturated carbocycles. The molecule has 1 aliphatic heterocycles. The van der Waals surface area contributed by atoms with E-state index < -0.39 is 5.41 Å². The van der Waals surface area contributed by atoms with Gasteiger partial charge in [-0.3, -0.25) is 24.4 Å². The third-order valence-electron chi connectivity index (χ3n) is 6.00. The van der Waals surface area contributed by atoms with Gasteiger partial charge in [0.1, 0.15) is 0 Å². The maximum atomic E-state index is 13.6. The number of carbonyl (C=O) groups excluding carboxylic acids is 3. The van der Waals surface area contributed by atoms with Gasteiger partial charge in [0.25, 0.3) is 0 Å². The lowest BCUT2D eigenvalue weighted by Gasteiger charge is -2.29. The third kappa shape index (κ3) is 5.45. The van der Waals surface area contributed by atoms with Crippen LogP contribution in [-0.4, -0.2) is 65.0 Å². The first kappa shape index (κ1) is 24.9. The summed E-state index contributed by atoms with van der Waals surface area (Å²) in [5.41, 5.74) is 0.947. The number of rotatable bonds is 11. The van der Waals surface area contributed by atoms with Gasteiger partial charge in [-0.2, -0.15) is 5.10 Å². The number of halogens is 1. The van der Waals surface area contributed by atoms with Crippen LogP contribution >= 0.6 is 11.6 Å². The van der Waals surface area contributed by atoms with Gasteiger partial charge >= 0.3 is 0 Å². The first-order valence-electron chi connectivity index (χ1n) is 11.2. The van der Waals surface area contributed by atoms with Gasteiger partial charge in [0, 0.05) is 45.2 Å². The Morgan fingerprint density at radius 3 is 2.79 bits per heavy atom. The van der Waals surface area contributed by atoms with Crippen LogP contribution in [0.15, 0.2) is 30.3 Å². The second-order valence-corrected chi connectivity index (χ2v) is 8.90. The molecule has 0 spiro atoms. The van der Waals surface area contributed by atoms with Crippen LogP contribution < -0.4 is 0 Å². The summed E-state index contributed by atoms with van der Waals surface area (Å²) < 4.78 is 5.06. The summed E-state index contributed by atoms with van der Waals surface area (Å²) in [6.07, 6.45) is 2.14. The van der Waals surface area contributed by atoms with Crippen molar-refractivity contribution in [3.63, 3.8) is 0 Å². The molecule has 1 aliphatic rings. The number of carbonyl (C=O) groups is 3. The Hall–Kier alpha value is -2.71. The van der Waals surface area contributed by atoms with E-state index in [0.717, 1.165) is 24.2 Å². The molecule has 0 radical (unpaired) electrons. The highest BCUT2D eigenvalue weighted by Gasteiger charge is 2.54. The highest BCUT2D eigenvalue weighted by Crippen LogP contribution is 2.43. The Kier molecular flexibility index (Phi) is 8.26. The van der Waals surface area contributed by atoms with Crippen LogP contribution in [0.4, 0.5) is 0 Å². The molecule has 1 atom stereocenters. The lowest BCUT2D eigenvalue weighted by atomic mass is 9.75. The predicted molar refractivity (Wildman–Crippen MR) is 125 cm³/mol. The van der Waals surface area contributed by atoms with E-state index in [2.05, 4.69) is 17.1 Å². The summed E-state index contributed by atoms with van der Waals surface area (Å²) in [5.74, 6) is -0.934. The smallest absolute Gasteiger partial charge is 0.240 e. The van der Waals surface area contributed by atoms with E-state index in [1.54, 1.807) is 43.3 Å². The van der Waals surface area contributed by atoms with E-state index in [-0.39, 0.29) is 37.1 Å². The summed E-state index contributed by atoms with van der Waals surface area (Å²) in [5, 5.41) is 7.60. The molecule has 1 aromatic carbocycles. The van der Waals surface area contributed by atoms with Gasteiger partial charge in [-0.1, -0.05) is 43.1 Å². The molecule has 0 aliphatic carbocycles. The summed E-state index contributed by atoms with van der Waals surface area (Å²) in [6.45, 7) is 3.09. The molecule has 2 aromatic rings. The predicted octanol–water partition coefficient (Wildman–Crippen LogP) is 3.10. The number of aryl methyl sites for hydroxylation is 1. The molecule has 1 saturated heterocycles.